The number of carbonyl (C=O) groups excluding carboxylic acids is 2. The van der Waals surface area contributed by atoms with Gasteiger partial charge in [-0.05, 0) is 43.5 Å². The first-order chi connectivity index (χ1) is 16.3. The smallest absolute Gasteiger partial charge is 0.295 e. The second-order valence-corrected chi connectivity index (χ2v) is 11.4. The summed E-state index contributed by atoms with van der Waals surface area (Å²) in [5.41, 5.74) is 12.9. The van der Waals surface area contributed by atoms with Gasteiger partial charge in [0.25, 0.3) is 10.1 Å². The van der Waals surface area contributed by atoms with E-state index in [0.717, 1.165) is 11.8 Å². The van der Waals surface area contributed by atoms with Crippen LogP contribution in [0.2, 0.25) is 0 Å². The number of hydrogen-bond acceptors (Lipinski definition) is 8. The van der Waals surface area contributed by atoms with Crippen LogP contribution in [0.5, 0.6) is 0 Å². The zero-order chi connectivity index (χ0) is 26.0. The molecule has 0 bridgehead atoms. The molecule has 0 amide bonds. The molecule has 0 aliphatic heterocycles. The Bertz CT molecular complexity index is 1610. The highest BCUT2D eigenvalue weighted by Gasteiger charge is 2.36. The molecule has 0 aromatic heterocycles. The molecule has 0 radical (unpaired) electrons. The Hall–Kier alpha value is -3.03. The molecule has 0 spiro atoms. The maximum Gasteiger partial charge on any atom is 0.295 e. The van der Waals surface area contributed by atoms with E-state index in [0.29, 0.717) is 10.5 Å². The molecule has 12 heteroatoms. The maximum atomic E-state index is 13.5. The highest BCUT2D eigenvalue weighted by atomic mass is 32.2. The fraction of sp³-hybridized carbons (Fsp3) is 0.130. The third-order valence-electron chi connectivity index (χ3n) is 5.99. The van der Waals surface area contributed by atoms with Gasteiger partial charge in [-0.2, -0.15) is 8.42 Å². The van der Waals surface area contributed by atoms with Crippen molar-refractivity contribution in [3.8, 4) is 0 Å². The van der Waals surface area contributed by atoms with E-state index in [4.69, 9.17) is 11.5 Å². The van der Waals surface area contributed by atoms with Gasteiger partial charge in [0.2, 0.25) is 0 Å². The molecule has 182 valence electrons. The molecule has 0 saturated heterocycles. The predicted molar refractivity (Wildman–Crippen MR) is 132 cm³/mol. The van der Waals surface area contributed by atoms with Gasteiger partial charge < -0.3 is 16.0 Å². The van der Waals surface area contributed by atoms with Gasteiger partial charge in [0.05, 0.1) is 16.1 Å². The van der Waals surface area contributed by atoms with Gasteiger partial charge in [0.15, 0.2) is 22.6 Å². The van der Waals surface area contributed by atoms with Gasteiger partial charge in [-0.15, -0.1) is 0 Å². The molecule has 1 aliphatic carbocycles. The zero-order valence-corrected chi connectivity index (χ0v) is 21.2. The Balaban J connectivity index is 2.07. The van der Waals surface area contributed by atoms with Crippen molar-refractivity contribution in [1.82, 2.24) is 0 Å². The van der Waals surface area contributed by atoms with E-state index in [1.54, 1.807) is 19.1 Å². The summed E-state index contributed by atoms with van der Waals surface area (Å²) in [5.74, 6) is -1.08. The molecule has 9 nitrogen and oxygen atoms in total. The van der Waals surface area contributed by atoms with Crippen molar-refractivity contribution in [2.45, 2.75) is 40.4 Å². The standard InChI is InChI=1S/C23H20N2O7S3/c1-9-18(24)10(2)23(35(30,31)32)11(3)22(9)33-14-8-15(34(28)29)19(25)17-16(14)20(26)12-6-4-5-7-13(12)21(17)27/h4-8H,24-25H2,1-3H3,(H,28,29)(H,30,31,32). The highest BCUT2D eigenvalue weighted by Crippen LogP contribution is 2.46. The van der Waals surface area contributed by atoms with Crippen LogP contribution in [0, 0.1) is 20.8 Å². The monoisotopic (exact) mass is 532 g/mol. The number of nitrogen functional groups attached to an aromatic ring is 2. The maximum absolute atomic E-state index is 13.5. The van der Waals surface area contributed by atoms with E-state index >= 15 is 0 Å². The Labute approximate surface area is 207 Å². The summed E-state index contributed by atoms with van der Waals surface area (Å²) in [4.78, 5) is 26.6. The Kier molecular flexibility index (Phi) is 6.14. The highest BCUT2D eigenvalue weighted by molar-refractivity contribution is 7.99. The first-order valence-corrected chi connectivity index (χ1v) is 13.4. The number of nitrogens with two attached hydrogens (primary N) is 2. The van der Waals surface area contributed by atoms with Gasteiger partial charge in [0, 0.05) is 32.2 Å². The van der Waals surface area contributed by atoms with Crippen LogP contribution in [-0.4, -0.2) is 33.3 Å². The molecule has 3 aromatic carbocycles. The predicted octanol–water partition coefficient (Wildman–Crippen LogP) is 3.53. The molecule has 1 unspecified atom stereocenters. The average Bonchev–Trinajstić information content (AvgIpc) is 2.78. The number of anilines is 2. The number of ketones is 2. The van der Waals surface area contributed by atoms with E-state index in [-0.39, 0.29) is 59.4 Å². The van der Waals surface area contributed by atoms with Gasteiger partial charge in [-0.3, -0.25) is 14.1 Å². The quantitative estimate of drug-likeness (QED) is 0.173. The zero-order valence-electron chi connectivity index (χ0n) is 18.7. The van der Waals surface area contributed by atoms with Crippen LogP contribution in [0.15, 0.2) is 49.9 Å². The van der Waals surface area contributed by atoms with Crippen LogP contribution in [0.3, 0.4) is 0 Å². The van der Waals surface area contributed by atoms with Crippen LogP contribution < -0.4 is 11.5 Å². The molecule has 0 heterocycles. The Morgan fingerprint density at radius 1 is 0.886 bits per heavy atom. The lowest BCUT2D eigenvalue weighted by Gasteiger charge is -2.24. The van der Waals surface area contributed by atoms with Gasteiger partial charge >= 0.3 is 0 Å². The largest absolute Gasteiger partial charge is 0.398 e. The molecule has 0 saturated carbocycles. The van der Waals surface area contributed by atoms with Crippen molar-refractivity contribution < 1.29 is 31.3 Å². The molecular formula is C23H20N2O7S3. The summed E-state index contributed by atoms with van der Waals surface area (Å²) in [6.07, 6.45) is 0. The van der Waals surface area contributed by atoms with Crippen molar-refractivity contribution in [3.63, 3.8) is 0 Å². The minimum Gasteiger partial charge on any atom is -0.398 e. The topological polar surface area (TPSA) is 178 Å². The normalized spacial score (nSPS) is 14.0. The molecule has 1 aliphatic rings. The lowest BCUT2D eigenvalue weighted by atomic mass is 9.83. The van der Waals surface area contributed by atoms with Crippen molar-refractivity contribution in [1.29, 1.82) is 0 Å². The minimum atomic E-state index is -4.65. The molecule has 1 atom stereocenters. The van der Waals surface area contributed by atoms with E-state index < -0.39 is 32.8 Å². The number of carbonyl (C=O) groups is 2. The molecule has 35 heavy (non-hydrogen) atoms. The van der Waals surface area contributed by atoms with Crippen molar-refractivity contribution in [2.75, 3.05) is 11.5 Å². The Morgan fingerprint density at radius 3 is 1.94 bits per heavy atom. The van der Waals surface area contributed by atoms with Gasteiger partial charge in [0.1, 0.15) is 4.90 Å². The summed E-state index contributed by atoms with van der Waals surface area (Å²) >= 11 is -1.69. The first-order valence-electron chi connectivity index (χ1n) is 10.1. The number of benzene rings is 3. The lowest BCUT2D eigenvalue weighted by Crippen LogP contribution is -2.24. The fourth-order valence-electron chi connectivity index (χ4n) is 4.33. The van der Waals surface area contributed by atoms with Crippen molar-refractivity contribution >= 4 is 55.9 Å². The second kappa shape index (κ2) is 8.57. The summed E-state index contributed by atoms with van der Waals surface area (Å²) < 4.78 is 55.9. The van der Waals surface area contributed by atoms with Crippen molar-refractivity contribution in [2.24, 2.45) is 0 Å². The minimum absolute atomic E-state index is 0.0586. The van der Waals surface area contributed by atoms with E-state index in [1.165, 1.54) is 32.0 Å². The number of hydrogen-bond donors (Lipinski definition) is 4. The van der Waals surface area contributed by atoms with Crippen LogP contribution in [0.25, 0.3) is 0 Å². The van der Waals surface area contributed by atoms with E-state index in [2.05, 4.69) is 0 Å². The van der Waals surface area contributed by atoms with Gasteiger partial charge in [-0.25, -0.2) is 4.21 Å². The number of rotatable bonds is 4. The van der Waals surface area contributed by atoms with Crippen molar-refractivity contribution in [3.05, 3.63) is 69.3 Å². The molecule has 0 fully saturated rings. The van der Waals surface area contributed by atoms with Crippen LogP contribution in [-0.2, 0) is 21.2 Å². The summed E-state index contributed by atoms with van der Waals surface area (Å²) in [7, 11) is -4.65. The molecular weight excluding hydrogens is 512 g/mol. The molecule has 6 N–H and O–H groups in total. The molecule has 3 aromatic rings. The van der Waals surface area contributed by atoms with Crippen LogP contribution in [0.4, 0.5) is 11.4 Å². The SMILES string of the molecule is Cc1c(N)c(C)c(S(=O)(=O)O)c(C)c1Sc1cc(S(=O)O)c(N)c2c1C(=O)c1ccccc1C2=O. The molecule has 4 rings (SSSR count). The van der Waals surface area contributed by atoms with Crippen LogP contribution >= 0.6 is 11.8 Å². The first kappa shape index (κ1) is 25.1. The van der Waals surface area contributed by atoms with Gasteiger partial charge in [-0.1, -0.05) is 36.0 Å². The third kappa shape index (κ3) is 3.87. The summed E-state index contributed by atoms with van der Waals surface area (Å²) in [5, 5.41) is 0. The van der Waals surface area contributed by atoms with E-state index in [1.807, 2.05) is 0 Å². The van der Waals surface area contributed by atoms with E-state index in [9.17, 15) is 31.3 Å². The fourth-order valence-corrected chi connectivity index (χ4v) is 7.17. The van der Waals surface area contributed by atoms with Crippen LogP contribution in [0.1, 0.15) is 48.5 Å². The lowest BCUT2D eigenvalue weighted by molar-refractivity contribution is 0.0977. The summed E-state index contributed by atoms with van der Waals surface area (Å²) in [6, 6.07) is 7.40. The number of fused-ring (bicyclic) bond motifs is 2. The second-order valence-electron chi connectivity index (χ2n) is 8.01. The average molecular weight is 533 g/mol. The summed E-state index contributed by atoms with van der Waals surface area (Å²) in [6.45, 7) is 4.58. The third-order valence-corrected chi connectivity index (χ3v) is 9.19. The Morgan fingerprint density at radius 2 is 1.43 bits per heavy atom.